The van der Waals surface area contributed by atoms with E-state index in [2.05, 4.69) is 11.5 Å². The van der Waals surface area contributed by atoms with E-state index in [4.69, 9.17) is 16.6 Å². The van der Waals surface area contributed by atoms with E-state index in [0.717, 1.165) is 36.2 Å². The van der Waals surface area contributed by atoms with Gasteiger partial charge in [-0.3, -0.25) is 4.79 Å². The molecular weight excluding hydrogens is 288 g/mol. The molecule has 1 saturated carbocycles. The van der Waals surface area contributed by atoms with Crippen LogP contribution in [0.15, 0.2) is 18.2 Å². The third-order valence-corrected chi connectivity index (χ3v) is 4.82. The van der Waals surface area contributed by atoms with E-state index in [1.54, 1.807) is 0 Å². The molecule has 2 aromatic rings. The number of carbonyl (C=O) groups is 1. The lowest BCUT2D eigenvalue weighted by molar-refractivity contribution is -0.142. The Hall–Kier alpha value is -1.55. The first-order valence-corrected chi connectivity index (χ1v) is 7.78. The van der Waals surface area contributed by atoms with E-state index in [0.29, 0.717) is 10.9 Å². The van der Waals surface area contributed by atoms with Gasteiger partial charge in [0.25, 0.3) is 0 Å². The van der Waals surface area contributed by atoms with Gasteiger partial charge in [0.2, 0.25) is 0 Å². The van der Waals surface area contributed by atoms with Gasteiger partial charge in [-0.1, -0.05) is 24.6 Å². The lowest BCUT2D eigenvalue weighted by Gasteiger charge is -2.17. The molecule has 0 saturated heterocycles. The summed E-state index contributed by atoms with van der Waals surface area (Å²) in [5.74, 6) is 0.195. The number of aliphatic carboxylic acids is 1. The first-order valence-electron chi connectivity index (χ1n) is 7.40. The molecule has 112 valence electrons. The highest BCUT2D eigenvalue weighted by Gasteiger charge is 2.40. The van der Waals surface area contributed by atoms with Crippen molar-refractivity contribution in [2.45, 2.75) is 39.2 Å². The van der Waals surface area contributed by atoms with Gasteiger partial charge >= 0.3 is 5.97 Å². The van der Waals surface area contributed by atoms with Crippen LogP contribution in [0.1, 0.15) is 38.4 Å². The van der Waals surface area contributed by atoms with Gasteiger partial charge < -0.3 is 9.67 Å². The van der Waals surface area contributed by atoms with E-state index in [1.165, 1.54) is 0 Å². The van der Waals surface area contributed by atoms with E-state index in [1.807, 2.05) is 25.1 Å². The average Bonchev–Trinajstić information content (AvgIpc) is 2.99. The summed E-state index contributed by atoms with van der Waals surface area (Å²) in [5, 5.41) is 10.2. The highest BCUT2D eigenvalue weighted by atomic mass is 35.5. The predicted octanol–water partition coefficient (Wildman–Crippen LogP) is 3.92. The van der Waals surface area contributed by atoms with E-state index < -0.39 is 5.97 Å². The number of benzene rings is 1. The molecule has 1 aliphatic rings. The monoisotopic (exact) mass is 306 g/mol. The largest absolute Gasteiger partial charge is 0.481 e. The van der Waals surface area contributed by atoms with Crippen molar-refractivity contribution < 1.29 is 9.90 Å². The third-order valence-electron chi connectivity index (χ3n) is 4.51. The number of nitrogens with zero attached hydrogens (tertiary/aromatic N) is 2. The Morgan fingerprint density at radius 1 is 1.48 bits per heavy atom. The number of imidazole rings is 1. The van der Waals surface area contributed by atoms with Crippen molar-refractivity contribution in [3.8, 4) is 0 Å². The molecule has 3 unspecified atom stereocenters. The van der Waals surface area contributed by atoms with Crippen LogP contribution < -0.4 is 0 Å². The topological polar surface area (TPSA) is 55.1 Å². The van der Waals surface area contributed by atoms with Gasteiger partial charge in [-0.25, -0.2) is 4.98 Å². The number of carboxylic acids is 1. The highest BCUT2D eigenvalue weighted by molar-refractivity contribution is 6.35. The van der Waals surface area contributed by atoms with Crippen molar-refractivity contribution in [2.24, 2.45) is 11.8 Å². The van der Waals surface area contributed by atoms with Crippen molar-refractivity contribution in [3.05, 3.63) is 29.0 Å². The van der Waals surface area contributed by atoms with Crippen LogP contribution in [0, 0.1) is 11.8 Å². The number of aromatic nitrogens is 2. The minimum atomic E-state index is -0.717. The molecule has 0 bridgehead atoms. The van der Waals surface area contributed by atoms with Gasteiger partial charge in [-0.05, 0) is 37.8 Å². The van der Waals surface area contributed by atoms with E-state index in [9.17, 15) is 9.90 Å². The number of aryl methyl sites for hydroxylation is 1. The molecule has 4 nitrogen and oxygen atoms in total. The summed E-state index contributed by atoms with van der Waals surface area (Å²) in [6.07, 6.45) is 1.60. The second-order valence-electron chi connectivity index (χ2n) is 5.95. The molecule has 1 heterocycles. The molecule has 21 heavy (non-hydrogen) atoms. The zero-order valence-corrected chi connectivity index (χ0v) is 13.0. The fourth-order valence-corrected chi connectivity index (χ4v) is 3.88. The van der Waals surface area contributed by atoms with Gasteiger partial charge in [0.15, 0.2) is 0 Å². The zero-order chi connectivity index (χ0) is 15.1. The molecule has 1 aliphatic carbocycles. The number of rotatable bonds is 3. The number of fused-ring (bicyclic) bond motifs is 1. The minimum Gasteiger partial charge on any atom is -0.481 e. The van der Waals surface area contributed by atoms with Gasteiger partial charge in [-0.15, -0.1) is 0 Å². The molecule has 0 amide bonds. The summed E-state index contributed by atoms with van der Waals surface area (Å²) in [5.41, 5.74) is 1.77. The second-order valence-corrected chi connectivity index (χ2v) is 6.36. The summed E-state index contributed by atoms with van der Waals surface area (Å²) < 4.78 is 2.08. The molecule has 3 rings (SSSR count). The zero-order valence-electron chi connectivity index (χ0n) is 12.2. The van der Waals surface area contributed by atoms with Gasteiger partial charge in [0, 0.05) is 12.5 Å². The van der Waals surface area contributed by atoms with Crippen LogP contribution in [-0.2, 0) is 11.3 Å². The smallest absolute Gasteiger partial charge is 0.307 e. The molecule has 0 radical (unpaired) electrons. The molecule has 3 atom stereocenters. The third kappa shape index (κ3) is 2.31. The summed E-state index contributed by atoms with van der Waals surface area (Å²) in [6, 6.07) is 5.67. The maximum absolute atomic E-state index is 11.5. The normalized spacial score (nSPS) is 25.6. The van der Waals surface area contributed by atoms with Crippen molar-refractivity contribution in [2.75, 3.05) is 0 Å². The number of carboxylic acid groups (broad SMARTS) is 1. The molecule has 5 heteroatoms. The lowest BCUT2D eigenvalue weighted by Crippen LogP contribution is -2.20. The number of hydrogen-bond donors (Lipinski definition) is 1. The quantitative estimate of drug-likeness (QED) is 0.935. The SMILES string of the molecule is CCn1c(C2CC(C)CC2C(=O)O)nc2cccc(Cl)c21. The van der Waals surface area contributed by atoms with Gasteiger partial charge in [-0.2, -0.15) is 0 Å². The number of halogens is 1. The Morgan fingerprint density at radius 3 is 2.90 bits per heavy atom. The number of hydrogen-bond acceptors (Lipinski definition) is 2. The van der Waals surface area contributed by atoms with Gasteiger partial charge in [0.05, 0.1) is 22.0 Å². The Morgan fingerprint density at radius 2 is 2.24 bits per heavy atom. The Labute approximate surface area is 128 Å². The first-order chi connectivity index (χ1) is 10.0. The summed E-state index contributed by atoms with van der Waals surface area (Å²) in [7, 11) is 0. The minimum absolute atomic E-state index is 0.0269. The first kappa shape index (κ1) is 14.4. The average molecular weight is 307 g/mol. The van der Waals surface area contributed by atoms with E-state index in [-0.39, 0.29) is 11.8 Å². The molecule has 1 aromatic heterocycles. The predicted molar refractivity (Wildman–Crippen MR) is 82.7 cm³/mol. The lowest BCUT2D eigenvalue weighted by atomic mass is 9.95. The molecular formula is C16H19ClN2O2. The second kappa shape index (κ2) is 5.34. The summed E-state index contributed by atoms with van der Waals surface area (Å²) >= 11 is 6.31. The Bertz CT molecular complexity index is 695. The van der Waals surface area contributed by atoms with Crippen LogP contribution in [-0.4, -0.2) is 20.6 Å². The maximum atomic E-state index is 11.5. The van der Waals surface area contributed by atoms with Crippen LogP contribution in [0.4, 0.5) is 0 Å². The fourth-order valence-electron chi connectivity index (χ4n) is 3.61. The molecule has 1 N–H and O–H groups in total. The Kier molecular flexibility index (Phi) is 3.66. The standard InChI is InChI=1S/C16H19ClN2O2/c1-3-19-14-12(17)5-4-6-13(14)18-15(19)10-7-9(2)8-11(10)16(20)21/h4-6,9-11H,3,7-8H2,1-2H3,(H,20,21). The van der Waals surface area contributed by atoms with Crippen LogP contribution in [0.25, 0.3) is 11.0 Å². The van der Waals surface area contributed by atoms with Crippen LogP contribution in [0.2, 0.25) is 5.02 Å². The van der Waals surface area contributed by atoms with E-state index >= 15 is 0 Å². The van der Waals surface area contributed by atoms with Crippen molar-refractivity contribution >= 4 is 28.6 Å². The summed E-state index contributed by atoms with van der Waals surface area (Å²) in [6.45, 7) is 4.90. The highest BCUT2D eigenvalue weighted by Crippen LogP contribution is 2.44. The van der Waals surface area contributed by atoms with Crippen LogP contribution >= 0.6 is 11.6 Å². The van der Waals surface area contributed by atoms with Crippen LogP contribution in [0.3, 0.4) is 0 Å². The molecule has 1 aromatic carbocycles. The number of para-hydroxylation sites is 1. The van der Waals surface area contributed by atoms with Crippen molar-refractivity contribution in [1.82, 2.24) is 9.55 Å². The molecule has 0 spiro atoms. The molecule has 1 fully saturated rings. The molecule has 0 aliphatic heterocycles. The Balaban J connectivity index is 2.16. The summed E-state index contributed by atoms with van der Waals surface area (Å²) in [4.78, 5) is 16.3. The van der Waals surface area contributed by atoms with Gasteiger partial charge in [0.1, 0.15) is 5.82 Å². The van der Waals surface area contributed by atoms with Crippen molar-refractivity contribution in [1.29, 1.82) is 0 Å². The van der Waals surface area contributed by atoms with Crippen molar-refractivity contribution in [3.63, 3.8) is 0 Å². The van der Waals surface area contributed by atoms with Crippen LogP contribution in [0.5, 0.6) is 0 Å². The fraction of sp³-hybridized carbons (Fsp3) is 0.500. The maximum Gasteiger partial charge on any atom is 0.307 e.